The van der Waals surface area contributed by atoms with E-state index >= 15 is 0 Å². The van der Waals surface area contributed by atoms with Crippen LogP contribution in [0.1, 0.15) is 13.3 Å². The van der Waals surface area contributed by atoms with Crippen molar-refractivity contribution in [3.05, 3.63) is 28.7 Å². The van der Waals surface area contributed by atoms with E-state index in [4.69, 9.17) is 6.42 Å². The molecule has 0 saturated heterocycles. The number of rotatable bonds is 5. The third-order valence-corrected chi connectivity index (χ3v) is 2.87. The van der Waals surface area contributed by atoms with Crippen LogP contribution in [0, 0.1) is 12.3 Å². The minimum Gasteiger partial charge on any atom is -0.324 e. The summed E-state index contributed by atoms with van der Waals surface area (Å²) in [7, 11) is 0. The van der Waals surface area contributed by atoms with Crippen LogP contribution < -0.4 is 10.6 Å². The highest BCUT2D eigenvalue weighted by Crippen LogP contribution is 2.20. The third-order valence-electron chi connectivity index (χ3n) is 2.18. The summed E-state index contributed by atoms with van der Waals surface area (Å²) in [4.78, 5) is 11.6. The van der Waals surface area contributed by atoms with E-state index in [2.05, 4.69) is 32.5 Å². The summed E-state index contributed by atoms with van der Waals surface area (Å²) in [5.74, 6) is 2.47. The summed E-state index contributed by atoms with van der Waals surface area (Å²) in [6.07, 6.45) is 5.80. The molecule has 1 amide bonds. The molecule has 1 rings (SSSR count). The van der Waals surface area contributed by atoms with Gasteiger partial charge in [0, 0.05) is 16.9 Å². The molecule has 0 fully saturated rings. The SMILES string of the molecule is C#CCC(C)NCC(=O)Nc1ccccc1Br. The third kappa shape index (κ3) is 5.03. The molecule has 0 radical (unpaired) electrons. The van der Waals surface area contributed by atoms with Crippen LogP contribution in [0.3, 0.4) is 0 Å². The maximum atomic E-state index is 11.6. The fourth-order valence-electron chi connectivity index (χ4n) is 1.27. The van der Waals surface area contributed by atoms with Crippen LogP contribution in [-0.4, -0.2) is 18.5 Å². The second-order valence-electron chi connectivity index (χ2n) is 3.72. The molecule has 0 saturated carbocycles. The fraction of sp³-hybridized carbons (Fsp3) is 0.308. The predicted molar refractivity (Wildman–Crippen MR) is 73.7 cm³/mol. The Balaban J connectivity index is 2.41. The average Bonchev–Trinajstić information content (AvgIpc) is 2.30. The molecular weight excluding hydrogens is 280 g/mol. The molecule has 0 bridgehead atoms. The molecule has 1 unspecified atom stereocenters. The quantitative estimate of drug-likeness (QED) is 0.819. The Morgan fingerprint density at radius 2 is 2.24 bits per heavy atom. The molecule has 90 valence electrons. The van der Waals surface area contributed by atoms with Crippen LogP contribution in [0.25, 0.3) is 0 Å². The van der Waals surface area contributed by atoms with E-state index < -0.39 is 0 Å². The lowest BCUT2D eigenvalue weighted by Gasteiger charge is -2.11. The summed E-state index contributed by atoms with van der Waals surface area (Å²) in [6, 6.07) is 7.63. The Labute approximate surface area is 110 Å². The molecule has 0 aliphatic rings. The molecule has 4 heteroatoms. The van der Waals surface area contributed by atoms with Crippen LogP contribution in [-0.2, 0) is 4.79 Å². The lowest BCUT2D eigenvalue weighted by molar-refractivity contribution is -0.115. The van der Waals surface area contributed by atoms with Crippen molar-refractivity contribution in [2.75, 3.05) is 11.9 Å². The van der Waals surface area contributed by atoms with E-state index in [0.29, 0.717) is 6.42 Å². The number of anilines is 1. The van der Waals surface area contributed by atoms with Crippen molar-refractivity contribution in [3.63, 3.8) is 0 Å². The average molecular weight is 295 g/mol. The van der Waals surface area contributed by atoms with Gasteiger partial charge in [0.15, 0.2) is 0 Å². The van der Waals surface area contributed by atoms with E-state index in [0.717, 1.165) is 10.2 Å². The molecule has 17 heavy (non-hydrogen) atoms. The van der Waals surface area contributed by atoms with Crippen LogP contribution >= 0.6 is 15.9 Å². The van der Waals surface area contributed by atoms with E-state index in [9.17, 15) is 4.79 Å². The van der Waals surface area contributed by atoms with Gasteiger partial charge in [0.25, 0.3) is 0 Å². The van der Waals surface area contributed by atoms with Crippen molar-refractivity contribution in [1.29, 1.82) is 0 Å². The Kier molecular flexibility index (Phi) is 5.75. The van der Waals surface area contributed by atoms with Crippen LogP contribution in [0.15, 0.2) is 28.7 Å². The summed E-state index contributed by atoms with van der Waals surface area (Å²) >= 11 is 3.37. The van der Waals surface area contributed by atoms with E-state index in [1.807, 2.05) is 31.2 Å². The van der Waals surface area contributed by atoms with Crippen molar-refractivity contribution < 1.29 is 4.79 Å². The molecule has 1 aromatic carbocycles. The van der Waals surface area contributed by atoms with Gasteiger partial charge in [0.05, 0.1) is 12.2 Å². The number of benzene rings is 1. The fourth-order valence-corrected chi connectivity index (χ4v) is 1.66. The first-order valence-corrected chi connectivity index (χ1v) is 6.14. The molecule has 0 aliphatic carbocycles. The van der Waals surface area contributed by atoms with Gasteiger partial charge >= 0.3 is 0 Å². The van der Waals surface area contributed by atoms with Crippen molar-refractivity contribution in [3.8, 4) is 12.3 Å². The standard InChI is InChI=1S/C13H15BrN2O/c1-3-6-10(2)15-9-13(17)16-12-8-5-4-7-11(12)14/h1,4-5,7-8,10,15H,6,9H2,2H3,(H,16,17). The number of carbonyl (C=O) groups excluding carboxylic acids is 1. The minimum absolute atomic E-state index is 0.0826. The van der Waals surface area contributed by atoms with Gasteiger partial charge in [-0.2, -0.15) is 0 Å². The lowest BCUT2D eigenvalue weighted by atomic mass is 10.2. The number of nitrogens with one attached hydrogen (secondary N) is 2. The zero-order chi connectivity index (χ0) is 12.7. The highest BCUT2D eigenvalue weighted by molar-refractivity contribution is 9.10. The molecule has 0 spiro atoms. The monoisotopic (exact) mass is 294 g/mol. The van der Waals surface area contributed by atoms with Crippen molar-refractivity contribution in [2.24, 2.45) is 0 Å². The number of carbonyl (C=O) groups is 1. The highest BCUT2D eigenvalue weighted by Gasteiger charge is 2.06. The number of hydrogen-bond donors (Lipinski definition) is 2. The van der Waals surface area contributed by atoms with Crippen molar-refractivity contribution in [1.82, 2.24) is 5.32 Å². The van der Waals surface area contributed by atoms with Crippen LogP contribution in [0.2, 0.25) is 0 Å². The topological polar surface area (TPSA) is 41.1 Å². The molecule has 2 N–H and O–H groups in total. The zero-order valence-electron chi connectivity index (χ0n) is 9.66. The molecule has 0 aromatic heterocycles. The Bertz CT molecular complexity index is 426. The van der Waals surface area contributed by atoms with Gasteiger partial charge in [-0.3, -0.25) is 4.79 Å². The van der Waals surface area contributed by atoms with Gasteiger partial charge in [0.2, 0.25) is 5.91 Å². The van der Waals surface area contributed by atoms with Gasteiger partial charge in [-0.1, -0.05) is 12.1 Å². The molecule has 0 aliphatic heterocycles. The van der Waals surface area contributed by atoms with E-state index in [1.165, 1.54) is 0 Å². The van der Waals surface area contributed by atoms with Gasteiger partial charge in [-0.15, -0.1) is 12.3 Å². The maximum absolute atomic E-state index is 11.6. The Morgan fingerprint density at radius 1 is 1.53 bits per heavy atom. The second-order valence-corrected chi connectivity index (χ2v) is 4.57. The molecule has 3 nitrogen and oxygen atoms in total. The molecule has 0 heterocycles. The zero-order valence-corrected chi connectivity index (χ0v) is 11.3. The number of hydrogen-bond acceptors (Lipinski definition) is 2. The first-order valence-electron chi connectivity index (χ1n) is 5.34. The summed E-state index contributed by atoms with van der Waals surface area (Å²) in [5, 5.41) is 5.86. The lowest BCUT2D eigenvalue weighted by Crippen LogP contribution is -2.34. The second kappa shape index (κ2) is 7.10. The van der Waals surface area contributed by atoms with Gasteiger partial charge in [-0.25, -0.2) is 0 Å². The van der Waals surface area contributed by atoms with Crippen molar-refractivity contribution in [2.45, 2.75) is 19.4 Å². The maximum Gasteiger partial charge on any atom is 0.238 e. The predicted octanol–water partition coefficient (Wildman–Crippen LogP) is 2.39. The molecular formula is C13H15BrN2O. The van der Waals surface area contributed by atoms with Crippen molar-refractivity contribution >= 4 is 27.5 Å². The number of halogens is 1. The minimum atomic E-state index is -0.0826. The molecule has 1 atom stereocenters. The summed E-state index contributed by atoms with van der Waals surface area (Å²) < 4.78 is 0.866. The normalized spacial score (nSPS) is 11.6. The first kappa shape index (κ1) is 13.8. The molecule has 1 aromatic rings. The van der Waals surface area contributed by atoms with Crippen LogP contribution in [0.5, 0.6) is 0 Å². The Hall–Kier alpha value is -1.31. The largest absolute Gasteiger partial charge is 0.324 e. The Morgan fingerprint density at radius 3 is 2.88 bits per heavy atom. The summed E-state index contributed by atoms with van der Waals surface area (Å²) in [5.41, 5.74) is 0.768. The summed E-state index contributed by atoms with van der Waals surface area (Å²) in [6.45, 7) is 2.20. The first-order chi connectivity index (χ1) is 8.13. The van der Waals surface area contributed by atoms with Gasteiger partial charge < -0.3 is 10.6 Å². The number of terminal acetylenes is 1. The van der Waals surface area contributed by atoms with Gasteiger partial charge in [-0.05, 0) is 35.0 Å². The smallest absolute Gasteiger partial charge is 0.238 e. The van der Waals surface area contributed by atoms with E-state index in [-0.39, 0.29) is 18.5 Å². The number of para-hydroxylation sites is 1. The number of amides is 1. The van der Waals surface area contributed by atoms with E-state index in [1.54, 1.807) is 0 Å². The highest BCUT2D eigenvalue weighted by atomic mass is 79.9. The van der Waals surface area contributed by atoms with Crippen LogP contribution in [0.4, 0.5) is 5.69 Å². The van der Waals surface area contributed by atoms with Gasteiger partial charge in [0.1, 0.15) is 0 Å².